The molecule has 1 aromatic heterocycles. The van der Waals surface area contributed by atoms with Crippen molar-refractivity contribution in [2.24, 2.45) is 0 Å². The van der Waals surface area contributed by atoms with Gasteiger partial charge in [0.25, 0.3) is 0 Å². The van der Waals surface area contributed by atoms with Crippen LogP contribution >= 0.6 is 11.6 Å². The quantitative estimate of drug-likeness (QED) is 0.874. The van der Waals surface area contributed by atoms with E-state index < -0.39 is 9.84 Å². The maximum atomic E-state index is 12.7. The van der Waals surface area contributed by atoms with Gasteiger partial charge in [-0.2, -0.15) is 0 Å². The molecule has 23 heavy (non-hydrogen) atoms. The lowest BCUT2D eigenvalue weighted by Crippen LogP contribution is -2.29. The number of anilines is 1. The fourth-order valence-electron chi connectivity index (χ4n) is 1.72. The van der Waals surface area contributed by atoms with Gasteiger partial charge in [0.1, 0.15) is 4.90 Å². The van der Waals surface area contributed by atoms with Crippen molar-refractivity contribution in [2.75, 3.05) is 26.0 Å². The Hall–Kier alpha value is -2.19. The first-order valence-corrected chi connectivity index (χ1v) is 8.46. The average molecular weight is 355 g/mol. The predicted octanol–water partition coefficient (Wildman–Crippen LogP) is 1.46. The summed E-state index contributed by atoms with van der Waals surface area (Å²) in [6.07, 6.45) is 0. The molecule has 2 rings (SSSR count). The second kappa shape index (κ2) is 6.93. The van der Waals surface area contributed by atoms with Gasteiger partial charge in [-0.1, -0.05) is 29.8 Å². The number of nitrogens with one attached hydrogen (secondary N) is 1. The van der Waals surface area contributed by atoms with E-state index >= 15 is 0 Å². The Morgan fingerprint density at radius 1 is 1.22 bits per heavy atom. The topological polar surface area (TPSA) is 92.3 Å². The van der Waals surface area contributed by atoms with E-state index in [9.17, 15) is 13.2 Å². The minimum absolute atomic E-state index is 0.0200. The van der Waals surface area contributed by atoms with Gasteiger partial charge in [0.15, 0.2) is 11.0 Å². The highest BCUT2D eigenvalue weighted by atomic mass is 35.5. The third kappa shape index (κ3) is 3.96. The van der Waals surface area contributed by atoms with Crippen molar-refractivity contribution >= 4 is 33.2 Å². The van der Waals surface area contributed by atoms with Gasteiger partial charge in [-0.05, 0) is 12.1 Å². The van der Waals surface area contributed by atoms with Gasteiger partial charge >= 0.3 is 0 Å². The zero-order chi connectivity index (χ0) is 17.0. The number of hydrogen-bond acceptors (Lipinski definition) is 6. The zero-order valence-electron chi connectivity index (χ0n) is 12.5. The molecule has 0 aliphatic carbocycles. The Kier molecular flexibility index (Phi) is 5.17. The highest BCUT2D eigenvalue weighted by molar-refractivity contribution is 7.91. The lowest BCUT2D eigenvalue weighted by atomic mass is 10.4. The van der Waals surface area contributed by atoms with Gasteiger partial charge in [0.05, 0.1) is 11.4 Å². The van der Waals surface area contributed by atoms with Crippen LogP contribution in [-0.4, -0.2) is 50.1 Å². The van der Waals surface area contributed by atoms with E-state index in [0.717, 1.165) is 0 Å². The first kappa shape index (κ1) is 17.2. The van der Waals surface area contributed by atoms with E-state index in [1.165, 1.54) is 23.1 Å². The summed E-state index contributed by atoms with van der Waals surface area (Å²) in [6.45, 7) is -0.110. The van der Waals surface area contributed by atoms with Crippen LogP contribution in [0.15, 0.2) is 46.2 Å². The molecule has 1 aromatic carbocycles. The summed E-state index contributed by atoms with van der Waals surface area (Å²) in [7, 11) is -0.642. The zero-order valence-corrected chi connectivity index (χ0v) is 14.1. The Morgan fingerprint density at radius 3 is 2.48 bits per heavy atom. The molecule has 0 atom stereocenters. The highest BCUT2D eigenvalue weighted by Gasteiger charge is 2.24. The summed E-state index contributed by atoms with van der Waals surface area (Å²) in [5, 5.41) is 10.0. The monoisotopic (exact) mass is 354 g/mol. The molecule has 0 radical (unpaired) electrons. The number of halogens is 1. The number of carbonyl (C=O) groups is 1. The normalized spacial score (nSPS) is 11.1. The molecule has 0 unspecified atom stereocenters. The number of likely N-dealkylation sites (N-methyl/N-ethyl adjacent to an activating group) is 1. The average Bonchev–Trinajstić information content (AvgIpc) is 2.54. The first-order chi connectivity index (χ1) is 10.8. The predicted molar refractivity (Wildman–Crippen MR) is 86.1 cm³/mol. The van der Waals surface area contributed by atoms with Crippen molar-refractivity contribution in [3.63, 3.8) is 0 Å². The molecular weight excluding hydrogens is 340 g/mol. The molecule has 9 heteroatoms. The molecule has 1 N–H and O–H groups in total. The second-order valence-corrected chi connectivity index (χ2v) is 7.14. The molecule has 0 bridgehead atoms. The molecule has 1 heterocycles. The number of aromatic nitrogens is 2. The summed E-state index contributed by atoms with van der Waals surface area (Å²) in [6, 6.07) is 9.10. The van der Waals surface area contributed by atoms with E-state index in [4.69, 9.17) is 11.6 Å². The van der Waals surface area contributed by atoms with E-state index in [1.54, 1.807) is 32.3 Å². The fraction of sp³-hybridized carbons (Fsp3) is 0.214. The number of amides is 1. The van der Waals surface area contributed by atoms with Crippen molar-refractivity contribution < 1.29 is 13.2 Å². The number of rotatable bonds is 5. The van der Waals surface area contributed by atoms with Crippen molar-refractivity contribution in [3.8, 4) is 0 Å². The molecule has 0 saturated carbocycles. The molecule has 0 saturated heterocycles. The van der Waals surface area contributed by atoms with E-state index in [-0.39, 0.29) is 33.2 Å². The minimum Gasteiger partial charge on any atom is -0.358 e. The number of hydrogen-bond donors (Lipinski definition) is 1. The fourth-order valence-corrected chi connectivity index (χ4v) is 3.34. The molecule has 122 valence electrons. The van der Waals surface area contributed by atoms with E-state index in [1.807, 2.05) is 0 Å². The number of nitrogens with zero attached hydrogens (tertiary/aromatic N) is 3. The van der Waals surface area contributed by atoms with Crippen molar-refractivity contribution in [1.82, 2.24) is 15.1 Å². The largest absolute Gasteiger partial charge is 0.358 e. The Balaban J connectivity index is 2.42. The van der Waals surface area contributed by atoms with Crippen LogP contribution in [-0.2, 0) is 14.6 Å². The third-order valence-electron chi connectivity index (χ3n) is 2.98. The summed E-state index contributed by atoms with van der Waals surface area (Å²) in [4.78, 5) is 13.0. The van der Waals surface area contributed by atoms with Crippen molar-refractivity contribution in [1.29, 1.82) is 0 Å². The van der Waals surface area contributed by atoms with E-state index in [2.05, 4.69) is 15.5 Å². The smallest absolute Gasteiger partial charge is 0.241 e. The molecule has 1 amide bonds. The van der Waals surface area contributed by atoms with Gasteiger partial charge in [0, 0.05) is 20.2 Å². The Bertz CT molecular complexity index is 810. The number of benzene rings is 1. The minimum atomic E-state index is -3.83. The molecule has 2 aromatic rings. The molecule has 0 spiro atoms. The summed E-state index contributed by atoms with van der Waals surface area (Å²) < 4.78 is 25.4. The van der Waals surface area contributed by atoms with Crippen LogP contribution in [0.4, 0.5) is 5.82 Å². The summed E-state index contributed by atoms with van der Waals surface area (Å²) in [5.41, 5.74) is 0. The molecule has 0 aliphatic rings. The molecular formula is C14H15ClN4O3S. The maximum Gasteiger partial charge on any atom is 0.241 e. The van der Waals surface area contributed by atoms with Crippen LogP contribution in [0.2, 0.25) is 5.15 Å². The number of carbonyl (C=O) groups excluding carboxylic acids is 1. The number of sulfone groups is 1. The maximum absolute atomic E-state index is 12.7. The van der Waals surface area contributed by atoms with Crippen LogP contribution in [0.3, 0.4) is 0 Å². The van der Waals surface area contributed by atoms with E-state index in [0.29, 0.717) is 0 Å². The van der Waals surface area contributed by atoms with Crippen molar-refractivity contribution in [2.45, 2.75) is 9.79 Å². The molecule has 0 aliphatic heterocycles. The van der Waals surface area contributed by atoms with Gasteiger partial charge in [0.2, 0.25) is 15.7 Å². The van der Waals surface area contributed by atoms with Crippen LogP contribution in [0, 0.1) is 0 Å². The molecule has 7 nitrogen and oxygen atoms in total. The Morgan fingerprint density at radius 2 is 1.87 bits per heavy atom. The van der Waals surface area contributed by atoms with Gasteiger partial charge in [-0.15, -0.1) is 10.2 Å². The lowest BCUT2D eigenvalue weighted by molar-refractivity contribution is -0.126. The SMILES string of the molecule is CN(C)C(=O)CNc1nnc(Cl)cc1S(=O)(=O)c1ccccc1. The standard InChI is InChI=1S/C14H15ClN4O3S/c1-19(2)13(20)9-16-14-11(8-12(15)17-18-14)23(21,22)10-6-4-3-5-7-10/h3-8H,9H2,1-2H3,(H,16,18). The highest BCUT2D eigenvalue weighted by Crippen LogP contribution is 2.27. The van der Waals surface area contributed by atoms with Crippen LogP contribution in [0.25, 0.3) is 0 Å². The van der Waals surface area contributed by atoms with Gasteiger partial charge in [-0.3, -0.25) is 4.79 Å². The summed E-state index contributed by atoms with van der Waals surface area (Å²) >= 11 is 5.78. The third-order valence-corrected chi connectivity index (χ3v) is 4.95. The van der Waals surface area contributed by atoms with Gasteiger partial charge in [-0.25, -0.2) is 8.42 Å². The first-order valence-electron chi connectivity index (χ1n) is 6.60. The molecule has 0 fully saturated rings. The lowest BCUT2D eigenvalue weighted by Gasteiger charge is -2.13. The van der Waals surface area contributed by atoms with Crippen LogP contribution < -0.4 is 5.32 Å². The van der Waals surface area contributed by atoms with Crippen LogP contribution in [0.1, 0.15) is 0 Å². The Labute approximate surface area is 139 Å². The van der Waals surface area contributed by atoms with Gasteiger partial charge < -0.3 is 10.2 Å². The van der Waals surface area contributed by atoms with Crippen LogP contribution in [0.5, 0.6) is 0 Å². The van der Waals surface area contributed by atoms with Crippen molar-refractivity contribution in [3.05, 3.63) is 41.6 Å². The second-order valence-electron chi connectivity index (χ2n) is 4.84. The summed E-state index contributed by atoms with van der Waals surface area (Å²) in [5.74, 6) is -0.252.